The molecule has 0 bridgehead atoms. The van der Waals surface area contributed by atoms with Crippen LogP contribution in [-0.4, -0.2) is 47.5 Å². The molecule has 2 aromatic rings. The summed E-state index contributed by atoms with van der Waals surface area (Å²) < 4.78 is 0. The molecule has 0 saturated heterocycles. The van der Waals surface area contributed by atoms with Gasteiger partial charge in [0.15, 0.2) is 0 Å². The molecule has 0 aliphatic heterocycles. The van der Waals surface area contributed by atoms with Gasteiger partial charge in [-0.1, -0.05) is 70.2 Å². The predicted molar refractivity (Wildman–Crippen MR) is 144 cm³/mol. The summed E-state index contributed by atoms with van der Waals surface area (Å²) in [7, 11) is 0. The average molecular weight is 519 g/mol. The molecule has 2 aromatic carbocycles. The lowest BCUT2D eigenvalue weighted by atomic mass is 9.99. The van der Waals surface area contributed by atoms with Gasteiger partial charge >= 0.3 is 0 Å². The van der Waals surface area contributed by atoms with E-state index in [1.54, 1.807) is 12.1 Å². The topological polar surface area (TPSA) is 134 Å². The minimum absolute atomic E-state index is 0. The normalized spacial score (nSPS) is 13.3. The summed E-state index contributed by atoms with van der Waals surface area (Å²) in [6.07, 6.45) is 0.862. The summed E-state index contributed by atoms with van der Waals surface area (Å²) in [5, 5.41) is 18.0. The van der Waals surface area contributed by atoms with Crippen LogP contribution in [0.25, 0.3) is 0 Å². The fraction of sp³-hybridized carbons (Fsp3) is 0.444. The van der Waals surface area contributed by atoms with Gasteiger partial charge in [0, 0.05) is 13.0 Å². The lowest BCUT2D eigenvalue weighted by Crippen LogP contribution is -2.58. The van der Waals surface area contributed by atoms with Gasteiger partial charge in [0.2, 0.25) is 17.7 Å². The molecule has 36 heavy (non-hydrogen) atoms. The molecule has 0 heterocycles. The van der Waals surface area contributed by atoms with E-state index in [9.17, 15) is 19.5 Å². The molecule has 0 aliphatic carbocycles. The highest BCUT2D eigenvalue weighted by Crippen LogP contribution is 2.13. The van der Waals surface area contributed by atoms with Crippen LogP contribution in [0.4, 0.5) is 0 Å². The Balaban J connectivity index is 0.00000648. The van der Waals surface area contributed by atoms with Crippen molar-refractivity contribution in [2.75, 3.05) is 6.54 Å². The molecule has 0 saturated carbocycles. The Kier molecular flexibility index (Phi) is 13.0. The van der Waals surface area contributed by atoms with Gasteiger partial charge in [-0.05, 0) is 41.5 Å². The Labute approximate surface area is 219 Å². The van der Waals surface area contributed by atoms with Crippen LogP contribution in [0.1, 0.15) is 38.8 Å². The Morgan fingerprint density at radius 1 is 0.806 bits per heavy atom. The van der Waals surface area contributed by atoms with Gasteiger partial charge < -0.3 is 26.8 Å². The van der Waals surface area contributed by atoms with Gasteiger partial charge in [-0.3, -0.25) is 14.4 Å². The van der Waals surface area contributed by atoms with E-state index in [0.717, 1.165) is 11.1 Å². The molecular weight excluding hydrogens is 480 g/mol. The number of carbonyl (C=O) groups excluding carboxylic acids is 3. The molecular formula is C27H39ClN4O4. The summed E-state index contributed by atoms with van der Waals surface area (Å²) in [5.41, 5.74) is 7.83. The van der Waals surface area contributed by atoms with E-state index in [4.69, 9.17) is 5.73 Å². The molecule has 0 aromatic heterocycles. The zero-order valence-corrected chi connectivity index (χ0v) is 22.2. The molecule has 6 N–H and O–H groups in total. The van der Waals surface area contributed by atoms with Crippen molar-refractivity contribution in [3.05, 3.63) is 65.7 Å². The summed E-state index contributed by atoms with van der Waals surface area (Å²) in [6, 6.07) is 13.7. The number of phenols is 1. The molecule has 3 atom stereocenters. The van der Waals surface area contributed by atoms with Crippen molar-refractivity contribution in [1.29, 1.82) is 0 Å². The summed E-state index contributed by atoms with van der Waals surface area (Å²) >= 11 is 0. The quantitative estimate of drug-likeness (QED) is 0.294. The maximum Gasteiger partial charge on any atom is 0.243 e. The van der Waals surface area contributed by atoms with Crippen LogP contribution in [0.5, 0.6) is 5.75 Å². The second-order valence-electron chi connectivity index (χ2n) is 9.46. The molecule has 8 nitrogen and oxygen atoms in total. The largest absolute Gasteiger partial charge is 0.508 e. The smallest absolute Gasteiger partial charge is 0.243 e. The minimum atomic E-state index is -0.935. The van der Waals surface area contributed by atoms with Gasteiger partial charge in [0.05, 0.1) is 6.04 Å². The van der Waals surface area contributed by atoms with E-state index >= 15 is 0 Å². The van der Waals surface area contributed by atoms with Crippen molar-refractivity contribution in [2.24, 2.45) is 17.6 Å². The zero-order valence-electron chi connectivity index (χ0n) is 21.4. The van der Waals surface area contributed by atoms with Gasteiger partial charge in [0.25, 0.3) is 0 Å². The third kappa shape index (κ3) is 9.87. The van der Waals surface area contributed by atoms with Gasteiger partial charge in [-0.25, -0.2) is 0 Å². The van der Waals surface area contributed by atoms with Crippen molar-refractivity contribution in [3.8, 4) is 5.75 Å². The van der Waals surface area contributed by atoms with Gasteiger partial charge in [-0.2, -0.15) is 0 Å². The second kappa shape index (κ2) is 15.1. The Hall–Kier alpha value is -3.10. The maximum atomic E-state index is 13.3. The van der Waals surface area contributed by atoms with Crippen molar-refractivity contribution < 1.29 is 19.5 Å². The molecule has 198 valence electrons. The van der Waals surface area contributed by atoms with Gasteiger partial charge in [-0.15, -0.1) is 12.4 Å². The molecule has 9 heteroatoms. The molecule has 3 amide bonds. The van der Waals surface area contributed by atoms with Crippen LogP contribution < -0.4 is 21.7 Å². The molecule has 2 rings (SSSR count). The number of carbonyl (C=O) groups is 3. The Morgan fingerprint density at radius 3 is 1.97 bits per heavy atom. The predicted octanol–water partition coefficient (Wildman–Crippen LogP) is 2.32. The van der Waals surface area contributed by atoms with Crippen molar-refractivity contribution >= 4 is 30.1 Å². The second-order valence-corrected chi connectivity index (χ2v) is 9.46. The Bertz CT molecular complexity index is 967. The highest BCUT2D eigenvalue weighted by atomic mass is 35.5. The number of aromatic hydroxyl groups is 1. The highest BCUT2D eigenvalue weighted by Gasteiger charge is 2.30. The van der Waals surface area contributed by atoms with Crippen LogP contribution in [0.2, 0.25) is 0 Å². The standard InChI is InChI=1S/C27H38N4O4.ClH/c1-17(2)23(28)26(34)30-22(16-20-10-12-21(32)13-11-20)25(33)31-24(18(3)4)27(35)29-15-14-19-8-6-5-7-9-19;/h5-13,17-18,22-24,32H,14-16,28H2,1-4H3,(H,29,35)(H,30,34)(H,31,33);1H/t22-,23-,24-;/m0./s1. The van der Waals surface area contributed by atoms with Crippen LogP contribution in [0.15, 0.2) is 54.6 Å². The van der Waals surface area contributed by atoms with E-state index in [0.29, 0.717) is 13.0 Å². The molecule has 0 fully saturated rings. The minimum Gasteiger partial charge on any atom is -0.508 e. The van der Waals surface area contributed by atoms with Crippen LogP contribution >= 0.6 is 12.4 Å². The molecule has 0 radical (unpaired) electrons. The first-order valence-corrected chi connectivity index (χ1v) is 12.0. The zero-order chi connectivity index (χ0) is 26.0. The summed E-state index contributed by atoms with van der Waals surface area (Å²) in [6.45, 7) is 7.80. The van der Waals surface area contributed by atoms with E-state index in [2.05, 4.69) is 16.0 Å². The SMILES string of the molecule is CC(C)[C@H](N)C(=O)N[C@@H](Cc1ccc(O)cc1)C(=O)N[C@H](C(=O)NCCc1ccccc1)C(C)C.Cl. The highest BCUT2D eigenvalue weighted by molar-refractivity contribution is 5.93. The van der Waals surface area contributed by atoms with Crippen molar-refractivity contribution in [2.45, 2.75) is 58.7 Å². The third-order valence-corrected chi connectivity index (χ3v) is 5.83. The van der Waals surface area contributed by atoms with E-state index < -0.39 is 29.9 Å². The number of hydrogen-bond acceptors (Lipinski definition) is 5. The number of phenolic OH excluding ortho intramolecular Hbond substituents is 1. The van der Waals surface area contributed by atoms with E-state index in [-0.39, 0.29) is 42.3 Å². The van der Waals surface area contributed by atoms with Crippen molar-refractivity contribution in [3.63, 3.8) is 0 Å². The van der Waals surface area contributed by atoms with Crippen LogP contribution in [0.3, 0.4) is 0 Å². The van der Waals surface area contributed by atoms with Crippen molar-refractivity contribution in [1.82, 2.24) is 16.0 Å². The third-order valence-electron chi connectivity index (χ3n) is 5.83. The lowest BCUT2D eigenvalue weighted by molar-refractivity contribution is -0.133. The lowest BCUT2D eigenvalue weighted by Gasteiger charge is -2.26. The molecule has 0 spiro atoms. The monoisotopic (exact) mass is 518 g/mol. The van der Waals surface area contributed by atoms with E-state index in [1.165, 1.54) is 12.1 Å². The Morgan fingerprint density at radius 2 is 1.42 bits per heavy atom. The number of benzene rings is 2. The molecule has 0 aliphatic rings. The number of rotatable bonds is 12. The number of nitrogens with two attached hydrogens (primary N) is 1. The fourth-order valence-corrected chi connectivity index (χ4v) is 3.52. The van der Waals surface area contributed by atoms with E-state index in [1.807, 2.05) is 58.0 Å². The number of nitrogens with one attached hydrogen (secondary N) is 3. The number of halogens is 1. The van der Waals surface area contributed by atoms with Crippen LogP contribution in [-0.2, 0) is 27.2 Å². The number of hydrogen-bond donors (Lipinski definition) is 5. The molecule has 0 unspecified atom stereocenters. The fourth-order valence-electron chi connectivity index (χ4n) is 3.52. The first kappa shape index (κ1) is 30.9. The number of amides is 3. The first-order chi connectivity index (χ1) is 16.6. The van der Waals surface area contributed by atoms with Gasteiger partial charge in [0.1, 0.15) is 17.8 Å². The maximum absolute atomic E-state index is 13.3. The summed E-state index contributed by atoms with van der Waals surface area (Å²) in [4.78, 5) is 38.8. The first-order valence-electron chi connectivity index (χ1n) is 12.0. The summed E-state index contributed by atoms with van der Waals surface area (Å²) in [5.74, 6) is -1.36. The average Bonchev–Trinajstić information content (AvgIpc) is 2.82. The van der Waals surface area contributed by atoms with Crippen LogP contribution in [0, 0.1) is 11.8 Å².